The molecule has 1 unspecified atom stereocenters. The molecule has 21 heavy (non-hydrogen) atoms. The number of aliphatic hydroxyl groups is 1. The summed E-state index contributed by atoms with van der Waals surface area (Å²) in [4.78, 5) is 15.2. The van der Waals surface area contributed by atoms with Gasteiger partial charge in [-0.2, -0.15) is 15.0 Å². The maximum atomic E-state index is 9.26. The van der Waals surface area contributed by atoms with Gasteiger partial charge in [0.05, 0.1) is 6.61 Å². The standard InChI is InChI=1S/C14H25N5O2/c1-3-6-15-12-16-13(18-14(17-12)21-8-4-2)19-7-5-11(9-19)10-20/h11,20H,3-10H2,1-2H3,(H,15,16,17,18). The minimum Gasteiger partial charge on any atom is -0.463 e. The van der Waals surface area contributed by atoms with Crippen LogP contribution in [0.1, 0.15) is 33.1 Å². The third-order valence-corrected chi connectivity index (χ3v) is 3.40. The summed E-state index contributed by atoms with van der Waals surface area (Å²) in [5, 5.41) is 12.4. The number of hydrogen-bond donors (Lipinski definition) is 2. The zero-order valence-electron chi connectivity index (χ0n) is 12.9. The molecule has 0 bridgehead atoms. The van der Waals surface area contributed by atoms with E-state index in [2.05, 4.69) is 32.1 Å². The van der Waals surface area contributed by atoms with Crippen LogP contribution in [0.5, 0.6) is 6.01 Å². The van der Waals surface area contributed by atoms with Gasteiger partial charge >= 0.3 is 6.01 Å². The van der Waals surface area contributed by atoms with Crippen molar-refractivity contribution in [3.8, 4) is 6.01 Å². The topological polar surface area (TPSA) is 83.4 Å². The Bertz CT molecular complexity index is 417. The van der Waals surface area contributed by atoms with E-state index in [0.29, 0.717) is 30.4 Å². The van der Waals surface area contributed by atoms with Crippen LogP contribution in [-0.2, 0) is 0 Å². The molecule has 0 radical (unpaired) electrons. The summed E-state index contributed by atoms with van der Waals surface area (Å²) in [5.41, 5.74) is 0. The Kier molecular flexibility index (Phi) is 5.98. The summed E-state index contributed by atoms with van der Waals surface area (Å²) < 4.78 is 5.55. The molecule has 1 aliphatic heterocycles. The number of rotatable bonds is 8. The Balaban J connectivity index is 2.14. The van der Waals surface area contributed by atoms with Crippen molar-refractivity contribution in [1.29, 1.82) is 0 Å². The average Bonchev–Trinajstić information content (AvgIpc) is 3.00. The molecule has 1 saturated heterocycles. The molecule has 2 N–H and O–H groups in total. The maximum absolute atomic E-state index is 9.26. The molecule has 1 atom stereocenters. The molecular weight excluding hydrogens is 270 g/mol. The van der Waals surface area contributed by atoms with Crippen molar-refractivity contribution < 1.29 is 9.84 Å². The van der Waals surface area contributed by atoms with E-state index in [9.17, 15) is 5.11 Å². The zero-order chi connectivity index (χ0) is 15.1. The van der Waals surface area contributed by atoms with E-state index in [0.717, 1.165) is 38.9 Å². The largest absolute Gasteiger partial charge is 0.463 e. The van der Waals surface area contributed by atoms with Gasteiger partial charge in [-0.3, -0.25) is 0 Å². The van der Waals surface area contributed by atoms with E-state index in [4.69, 9.17) is 4.74 Å². The highest BCUT2D eigenvalue weighted by Gasteiger charge is 2.24. The van der Waals surface area contributed by atoms with Crippen LogP contribution in [0.2, 0.25) is 0 Å². The minimum atomic E-state index is 0.210. The van der Waals surface area contributed by atoms with Crippen molar-refractivity contribution in [2.75, 3.05) is 43.1 Å². The highest BCUT2D eigenvalue weighted by atomic mass is 16.5. The number of aromatic nitrogens is 3. The second kappa shape index (κ2) is 7.97. The lowest BCUT2D eigenvalue weighted by atomic mass is 10.1. The Hall–Kier alpha value is -1.63. The molecule has 1 aromatic rings. The van der Waals surface area contributed by atoms with Crippen LogP contribution in [0, 0.1) is 5.92 Å². The normalized spacial score (nSPS) is 18.0. The summed E-state index contributed by atoms with van der Waals surface area (Å²) >= 11 is 0. The quantitative estimate of drug-likeness (QED) is 0.748. The van der Waals surface area contributed by atoms with Gasteiger partial charge in [-0.1, -0.05) is 13.8 Å². The van der Waals surface area contributed by atoms with Crippen molar-refractivity contribution in [3.05, 3.63) is 0 Å². The molecule has 2 rings (SSSR count). The Labute approximate surface area is 125 Å². The van der Waals surface area contributed by atoms with Gasteiger partial charge in [0.15, 0.2) is 0 Å². The van der Waals surface area contributed by atoms with E-state index >= 15 is 0 Å². The van der Waals surface area contributed by atoms with Gasteiger partial charge in [-0.15, -0.1) is 0 Å². The fourth-order valence-corrected chi connectivity index (χ4v) is 2.22. The monoisotopic (exact) mass is 295 g/mol. The van der Waals surface area contributed by atoms with Crippen LogP contribution < -0.4 is 15.0 Å². The first-order valence-electron chi connectivity index (χ1n) is 7.75. The zero-order valence-corrected chi connectivity index (χ0v) is 12.9. The second-order valence-electron chi connectivity index (χ2n) is 5.30. The molecule has 0 spiro atoms. The predicted octanol–water partition coefficient (Wildman–Crippen LogP) is 1.30. The van der Waals surface area contributed by atoms with Crippen LogP contribution in [0.3, 0.4) is 0 Å². The first-order valence-corrected chi connectivity index (χ1v) is 7.75. The first-order chi connectivity index (χ1) is 10.3. The van der Waals surface area contributed by atoms with Gasteiger partial charge in [0.25, 0.3) is 0 Å². The van der Waals surface area contributed by atoms with Crippen LogP contribution in [0.4, 0.5) is 11.9 Å². The summed E-state index contributed by atoms with van der Waals surface area (Å²) in [6.45, 7) is 7.39. The number of nitrogens with one attached hydrogen (secondary N) is 1. The molecule has 1 fully saturated rings. The average molecular weight is 295 g/mol. The number of hydrogen-bond acceptors (Lipinski definition) is 7. The third kappa shape index (κ3) is 4.42. The Morgan fingerprint density at radius 3 is 2.81 bits per heavy atom. The van der Waals surface area contributed by atoms with Gasteiger partial charge < -0.3 is 20.1 Å². The molecule has 0 amide bonds. The van der Waals surface area contributed by atoms with Crippen LogP contribution >= 0.6 is 0 Å². The fourth-order valence-electron chi connectivity index (χ4n) is 2.22. The van der Waals surface area contributed by atoms with Gasteiger partial charge in [0.1, 0.15) is 0 Å². The molecule has 0 aliphatic carbocycles. The van der Waals surface area contributed by atoms with Crippen LogP contribution in [-0.4, -0.2) is 52.9 Å². The highest BCUT2D eigenvalue weighted by molar-refractivity contribution is 5.39. The van der Waals surface area contributed by atoms with Crippen LogP contribution in [0.15, 0.2) is 0 Å². The molecule has 1 aliphatic rings. The first kappa shape index (κ1) is 15.8. The van der Waals surface area contributed by atoms with Crippen molar-refractivity contribution in [2.45, 2.75) is 33.1 Å². The van der Waals surface area contributed by atoms with Crippen molar-refractivity contribution >= 4 is 11.9 Å². The van der Waals surface area contributed by atoms with Crippen molar-refractivity contribution in [3.63, 3.8) is 0 Å². The summed E-state index contributed by atoms with van der Waals surface area (Å²) in [7, 11) is 0. The molecule has 0 aromatic carbocycles. The van der Waals surface area contributed by atoms with Gasteiger partial charge in [0, 0.05) is 32.2 Å². The van der Waals surface area contributed by atoms with E-state index in [1.165, 1.54) is 0 Å². The molecule has 2 heterocycles. The lowest BCUT2D eigenvalue weighted by Crippen LogP contribution is -2.24. The molecule has 7 heteroatoms. The number of ether oxygens (including phenoxy) is 1. The molecule has 7 nitrogen and oxygen atoms in total. The van der Waals surface area contributed by atoms with Crippen LogP contribution in [0.25, 0.3) is 0 Å². The van der Waals surface area contributed by atoms with Gasteiger partial charge in [-0.25, -0.2) is 0 Å². The second-order valence-corrected chi connectivity index (χ2v) is 5.30. The molecule has 118 valence electrons. The third-order valence-electron chi connectivity index (χ3n) is 3.40. The number of nitrogens with zero attached hydrogens (tertiary/aromatic N) is 4. The minimum absolute atomic E-state index is 0.210. The highest BCUT2D eigenvalue weighted by Crippen LogP contribution is 2.22. The fraction of sp³-hybridized carbons (Fsp3) is 0.786. The van der Waals surface area contributed by atoms with E-state index in [1.807, 2.05) is 6.92 Å². The number of anilines is 2. The summed E-state index contributed by atoms with van der Waals surface area (Å²) in [6.07, 6.45) is 2.88. The predicted molar refractivity (Wildman–Crippen MR) is 81.8 cm³/mol. The lowest BCUT2D eigenvalue weighted by molar-refractivity contribution is 0.238. The summed E-state index contributed by atoms with van der Waals surface area (Å²) in [5.74, 6) is 1.49. The van der Waals surface area contributed by atoms with Crippen molar-refractivity contribution in [2.24, 2.45) is 5.92 Å². The van der Waals surface area contributed by atoms with E-state index < -0.39 is 0 Å². The summed E-state index contributed by atoms with van der Waals surface area (Å²) in [6, 6.07) is 0.368. The van der Waals surface area contributed by atoms with E-state index in [1.54, 1.807) is 0 Å². The molecule has 0 saturated carbocycles. The van der Waals surface area contributed by atoms with Gasteiger partial charge in [-0.05, 0) is 19.3 Å². The SMILES string of the molecule is CCCNc1nc(OCCC)nc(N2CCC(CO)C2)n1. The molecule has 1 aromatic heterocycles. The molecular formula is C14H25N5O2. The smallest absolute Gasteiger partial charge is 0.323 e. The maximum Gasteiger partial charge on any atom is 0.323 e. The Morgan fingerprint density at radius 1 is 1.29 bits per heavy atom. The lowest BCUT2D eigenvalue weighted by Gasteiger charge is -2.17. The van der Waals surface area contributed by atoms with Gasteiger partial charge in [0.2, 0.25) is 11.9 Å². The van der Waals surface area contributed by atoms with E-state index in [-0.39, 0.29) is 6.61 Å². The number of aliphatic hydroxyl groups excluding tert-OH is 1. The van der Waals surface area contributed by atoms with Crippen molar-refractivity contribution in [1.82, 2.24) is 15.0 Å². The Morgan fingerprint density at radius 2 is 2.14 bits per heavy atom.